The second-order valence-electron chi connectivity index (χ2n) is 10.9. The molecule has 0 bridgehead atoms. The quantitative estimate of drug-likeness (QED) is 0.150. The second kappa shape index (κ2) is 14.2. The first-order valence-electron chi connectivity index (χ1n) is 15.1. The Morgan fingerprint density at radius 1 is 0.422 bits per heavy atom. The number of hydrogen-bond acceptors (Lipinski definition) is 3. The number of benzene rings is 6. The molecule has 2 N–H and O–H groups in total. The van der Waals surface area contributed by atoms with Crippen molar-refractivity contribution >= 4 is 33.9 Å². The molecule has 0 aromatic heterocycles. The Labute approximate surface area is 266 Å². The van der Waals surface area contributed by atoms with Gasteiger partial charge in [0.15, 0.2) is 0 Å². The van der Waals surface area contributed by atoms with Crippen LogP contribution in [0.2, 0.25) is 0 Å². The smallest absolute Gasteiger partial charge is 0.0721 e. The first kappa shape index (κ1) is 29.4. The van der Waals surface area contributed by atoms with E-state index in [-0.39, 0.29) is 0 Å². The maximum atomic E-state index is 6.08. The fourth-order valence-electron chi connectivity index (χ4n) is 5.27. The lowest BCUT2D eigenvalue weighted by Crippen LogP contribution is -1.98. The number of hydrogen-bond donors (Lipinski definition) is 2. The first-order chi connectivity index (χ1) is 22.1. The van der Waals surface area contributed by atoms with Crippen LogP contribution < -0.4 is 10.6 Å². The molecule has 0 aliphatic rings. The van der Waals surface area contributed by atoms with E-state index in [0.717, 1.165) is 67.3 Å². The summed E-state index contributed by atoms with van der Waals surface area (Å²) in [5.74, 6) is 0. The van der Waals surface area contributed by atoms with Gasteiger partial charge in [-0.3, -0.25) is 0 Å². The zero-order valence-corrected chi connectivity index (χ0v) is 25.2. The molecule has 6 aromatic carbocycles. The highest BCUT2D eigenvalue weighted by Crippen LogP contribution is 2.32. The van der Waals surface area contributed by atoms with Crippen molar-refractivity contribution in [1.29, 1.82) is 0 Å². The van der Waals surface area contributed by atoms with Crippen molar-refractivity contribution in [3.05, 3.63) is 204 Å². The van der Waals surface area contributed by atoms with Gasteiger partial charge in [0.25, 0.3) is 0 Å². The molecule has 0 amide bonds. The molecule has 0 spiro atoms. The van der Waals surface area contributed by atoms with Gasteiger partial charge >= 0.3 is 0 Å². The van der Waals surface area contributed by atoms with Crippen molar-refractivity contribution in [1.82, 2.24) is 0 Å². The maximum absolute atomic E-state index is 6.08. The minimum absolute atomic E-state index is 0.534. The van der Waals surface area contributed by atoms with Crippen LogP contribution in [0.5, 0.6) is 0 Å². The average Bonchev–Trinajstić information content (AvgIpc) is 3.10. The Morgan fingerprint density at radius 3 is 1.18 bits per heavy atom. The standard InChI is InChI=1S/C42H36N2O/c1-31(39-17-9-11-19-41(39)43-37-13-5-3-6-14-37)35-25-21-33(22-26-35)29-45-30-34-23-27-36(28-24-34)32(2)40-18-10-12-20-42(40)44-38-15-7-4-8-16-38/h3-28,43-44H,1-2,29-30H2. The van der Waals surface area contributed by atoms with Crippen LogP contribution in [0.15, 0.2) is 171 Å². The Bertz CT molecular complexity index is 1740. The van der Waals surface area contributed by atoms with E-state index < -0.39 is 0 Å². The number of nitrogens with one attached hydrogen (secondary N) is 2. The summed E-state index contributed by atoms with van der Waals surface area (Å²) in [5.41, 5.74) is 12.7. The highest BCUT2D eigenvalue weighted by atomic mass is 16.5. The fourth-order valence-corrected chi connectivity index (χ4v) is 5.27. The summed E-state index contributed by atoms with van der Waals surface area (Å²) in [7, 11) is 0. The van der Waals surface area contributed by atoms with Crippen molar-refractivity contribution in [3.63, 3.8) is 0 Å². The van der Waals surface area contributed by atoms with Gasteiger partial charge in [0, 0.05) is 33.9 Å². The van der Waals surface area contributed by atoms with Crippen molar-refractivity contribution < 1.29 is 4.74 Å². The summed E-state index contributed by atoms with van der Waals surface area (Å²) in [6.45, 7) is 9.89. The van der Waals surface area contributed by atoms with E-state index in [1.165, 1.54) is 0 Å². The van der Waals surface area contributed by atoms with Crippen LogP contribution in [-0.4, -0.2) is 0 Å². The van der Waals surface area contributed by atoms with Crippen molar-refractivity contribution in [2.45, 2.75) is 13.2 Å². The van der Waals surface area contributed by atoms with Gasteiger partial charge in [-0.05, 0) is 69.8 Å². The molecule has 6 aromatic rings. The molecule has 6 rings (SSSR count). The molecule has 0 radical (unpaired) electrons. The van der Waals surface area contributed by atoms with Crippen molar-refractivity contribution in [3.8, 4) is 0 Å². The monoisotopic (exact) mass is 584 g/mol. The molecule has 0 aliphatic heterocycles. The van der Waals surface area contributed by atoms with E-state index in [1.54, 1.807) is 0 Å². The minimum Gasteiger partial charge on any atom is -0.372 e. The average molecular weight is 585 g/mol. The lowest BCUT2D eigenvalue weighted by Gasteiger charge is -2.15. The Morgan fingerprint density at radius 2 is 0.778 bits per heavy atom. The molecule has 0 saturated heterocycles. The Kier molecular flexibility index (Phi) is 9.30. The highest BCUT2D eigenvalue weighted by molar-refractivity contribution is 5.87. The zero-order chi connectivity index (χ0) is 30.8. The molecule has 3 heteroatoms. The third-order valence-electron chi connectivity index (χ3n) is 7.75. The Hall–Kier alpha value is -5.64. The molecule has 0 aliphatic carbocycles. The summed E-state index contributed by atoms with van der Waals surface area (Å²) >= 11 is 0. The summed E-state index contributed by atoms with van der Waals surface area (Å²) in [4.78, 5) is 0. The highest BCUT2D eigenvalue weighted by Gasteiger charge is 2.10. The molecule has 3 nitrogen and oxygen atoms in total. The summed E-state index contributed by atoms with van der Waals surface area (Å²) in [6, 6.07) is 53.8. The molecule has 45 heavy (non-hydrogen) atoms. The van der Waals surface area contributed by atoms with E-state index in [4.69, 9.17) is 4.74 Å². The van der Waals surface area contributed by atoms with Crippen LogP contribution in [0.3, 0.4) is 0 Å². The predicted octanol–water partition coefficient (Wildman–Crippen LogP) is 11.0. The SMILES string of the molecule is C=C(c1ccc(COCc2ccc(C(=C)c3ccccc3Nc3ccccc3)cc2)cc1)c1ccccc1Nc1ccccc1. The van der Waals surface area contributed by atoms with Gasteiger partial charge in [0.05, 0.1) is 13.2 Å². The van der Waals surface area contributed by atoms with E-state index in [9.17, 15) is 0 Å². The van der Waals surface area contributed by atoms with Gasteiger partial charge in [-0.1, -0.05) is 134 Å². The van der Waals surface area contributed by atoms with E-state index in [2.05, 4.69) is 121 Å². The predicted molar refractivity (Wildman–Crippen MR) is 190 cm³/mol. The molecule has 0 saturated carbocycles. The number of ether oxygens (including phenoxy) is 1. The van der Waals surface area contributed by atoms with Crippen LogP contribution >= 0.6 is 0 Å². The van der Waals surface area contributed by atoms with Crippen molar-refractivity contribution in [2.75, 3.05) is 10.6 Å². The van der Waals surface area contributed by atoms with Gasteiger partial charge in [0.2, 0.25) is 0 Å². The lowest BCUT2D eigenvalue weighted by atomic mass is 9.97. The zero-order valence-electron chi connectivity index (χ0n) is 25.2. The van der Waals surface area contributed by atoms with Gasteiger partial charge in [-0.25, -0.2) is 0 Å². The van der Waals surface area contributed by atoms with Gasteiger partial charge in [-0.2, -0.15) is 0 Å². The molecular weight excluding hydrogens is 548 g/mol. The van der Waals surface area contributed by atoms with Gasteiger partial charge in [-0.15, -0.1) is 0 Å². The fraction of sp³-hybridized carbons (Fsp3) is 0.0476. The van der Waals surface area contributed by atoms with Gasteiger partial charge < -0.3 is 15.4 Å². The molecule has 0 heterocycles. The van der Waals surface area contributed by atoms with Crippen LogP contribution in [0.25, 0.3) is 11.1 Å². The van der Waals surface area contributed by atoms with E-state index in [0.29, 0.717) is 13.2 Å². The third-order valence-corrected chi connectivity index (χ3v) is 7.75. The third kappa shape index (κ3) is 7.48. The van der Waals surface area contributed by atoms with Crippen LogP contribution in [-0.2, 0) is 18.0 Å². The van der Waals surface area contributed by atoms with E-state index in [1.807, 2.05) is 60.7 Å². The van der Waals surface area contributed by atoms with Crippen LogP contribution in [0, 0.1) is 0 Å². The van der Waals surface area contributed by atoms with Crippen LogP contribution in [0.4, 0.5) is 22.7 Å². The summed E-state index contributed by atoms with van der Waals surface area (Å²) in [5, 5.41) is 7.04. The molecule has 0 fully saturated rings. The molecule has 0 unspecified atom stereocenters. The van der Waals surface area contributed by atoms with E-state index >= 15 is 0 Å². The number of para-hydroxylation sites is 4. The maximum Gasteiger partial charge on any atom is 0.0721 e. The first-order valence-corrected chi connectivity index (χ1v) is 15.1. The number of anilines is 4. The van der Waals surface area contributed by atoms with Crippen LogP contribution in [0.1, 0.15) is 33.4 Å². The lowest BCUT2D eigenvalue weighted by molar-refractivity contribution is 0.107. The largest absolute Gasteiger partial charge is 0.372 e. The molecule has 0 atom stereocenters. The second-order valence-corrected chi connectivity index (χ2v) is 10.9. The summed E-state index contributed by atoms with van der Waals surface area (Å²) in [6.07, 6.45) is 0. The molecule has 220 valence electrons. The molecular formula is C42H36N2O. The topological polar surface area (TPSA) is 33.3 Å². The minimum atomic E-state index is 0.534. The summed E-state index contributed by atoms with van der Waals surface area (Å²) < 4.78 is 6.08. The normalized spacial score (nSPS) is 10.7. The van der Waals surface area contributed by atoms with Gasteiger partial charge in [0.1, 0.15) is 0 Å². The van der Waals surface area contributed by atoms with Crippen molar-refractivity contribution in [2.24, 2.45) is 0 Å². The number of rotatable bonds is 12. The Balaban J connectivity index is 1.04.